The summed E-state index contributed by atoms with van der Waals surface area (Å²) in [4.78, 5) is 14.8. The number of unbranched alkanes of at least 4 members (excludes halogenated alkanes) is 3. The number of hydrogen-bond acceptors (Lipinski definition) is 1. The molecule has 0 aliphatic heterocycles. The third-order valence-corrected chi connectivity index (χ3v) is 3.67. The predicted octanol–water partition coefficient (Wildman–Crippen LogP) is 4.91. The van der Waals surface area contributed by atoms with Gasteiger partial charge in [0, 0.05) is 18.7 Å². The maximum Gasteiger partial charge on any atom is 0.254 e. The van der Waals surface area contributed by atoms with E-state index in [1.54, 1.807) is 0 Å². The van der Waals surface area contributed by atoms with Gasteiger partial charge in [-0.2, -0.15) is 0 Å². The molecule has 0 unspecified atom stereocenters. The van der Waals surface area contributed by atoms with Crippen molar-refractivity contribution >= 4 is 11.5 Å². The molecule has 1 amide bonds. The lowest BCUT2D eigenvalue weighted by Gasteiger charge is -2.22. The normalized spacial score (nSPS) is 11.5. The van der Waals surface area contributed by atoms with Gasteiger partial charge in [-0.1, -0.05) is 69.5 Å². The monoisotopic (exact) mass is 287 g/mol. The van der Waals surface area contributed by atoms with Crippen LogP contribution in [0.15, 0.2) is 36.4 Å². The summed E-state index contributed by atoms with van der Waals surface area (Å²) in [6.07, 6.45) is 7.55. The standard InChI is InChI=1S/C19H29NO/c1-4-7-10-15-18(17-13-11-9-12-14-17)19(21)20(6-3)16-8-5-2/h9,11-15H,4-8,10,16H2,1-3H3/b18-15+. The number of amides is 1. The molecule has 0 aliphatic carbocycles. The third-order valence-electron chi connectivity index (χ3n) is 3.67. The van der Waals surface area contributed by atoms with E-state index in [1.165, 1.54) is 0 Å². The molecule has 0 aliphatic rings. The van der Waals surface area contributed by atoms with Gasteiger partial charge in [0.15, 0.2) is 0 Å². The lowest BCUT2D eigenvalue weighted by atomic mass is 10.0. The zero-order chi connectivity index (χ0) is 15.5. The van der Waals surface area contributed by atoms with Crippen molar-refractivity contribution in [2.45, 2.75) is 52.9 Å². The zero-order valence-electron chi connectivity index (χ0n) is 13.8. The van der Waals surface area contributed by atoms with Gasteiger partial charge in [-0.05, 0) is 25.3 Å². The fourth-order valence-corrected chi connectivity index (χ4v) is 2.32. The van der Waals surface area contributed by atoms with Crippen molar-refractivity contribution in [3.63, 3.8) is 0 Å². The van der Waals surface area contributed by atoms with Crippen LogP contribution in [0.1, 0.15) is 58.4 Å². The molecular formula is C19H29NO. The first kappa shape index (κ1) is 17.5. The number of likely N-dealkylation sites (N-methyl/N-ethyl adjacent to an activating group) is 1. The molecule has 1 aromatic carbocycles. The highest BCUT2D eigenvalue weighted by atomic mass is 16.2. The van der Waals surface area contributed by atoms with E-state index in [0.29, 0.717) is 0 Å². The summed E-state index contributed by atoms with van der Waals surface area (Å²) in [6, 6.07) is 10.1. The molecule has 2 heteroatoms. The minimum atomic E-state index is 0.174. The molecule has 0 radical (unpaired) electrons. The van der Waals surface area contributed by atoms with Crippen LogP contribution in [0.5, 0.6) is 0 Å². The van der Waals surface area contributed by atoms with E-state index in [-0.39, 0.29) is 5.91 Å². The second-order valence-corrected chi connectivity index (χ2v) is 5.36. The molecule has 0 saturated carbocycles. The van der Waals surface area contributed by atoms with E-state index in [4.69, 9.17) is 0 Å². The lowest BCUT2D eigenvalue weighted by Crippen LogP contribution is -2.32. The largest absolute Gasteiger partial charge is 0.339 e. The summed E-state index contributed by atoms with van der Waals surface area (Å²) in [5.41, 5.74) is 1.90. The molecule has 0 spiro atoms. The van der Waals surface area contributed by atoms with Crippen LogP contribution in [0, 0.1) is 0 Å². The quantitative estimate of drug-likeness (QED) is 0.467. The summed E-state index contributed by atoms with van der Waals surface area (Å²) in [7, 11) is 0. The van der Waals surface area contributed by atoms with Crippen molar-refractivity contribution in [1.29, 1.82) is 0 Å². The minimum Gasteiger partial charge on any atom is -0.339 e. The van der Waals surface area contributed by atoms with Crippen LogP contribution < -0.4 is 0 Å². The summed E-state index contributed by atoms with van der Waals surface area (Å²) in [6.45, 7) is 8.02. The molecule has 2 nitrogen and oxygen atoms in total. The second kappa shape index (κ2) is 10.2. The Morgan fingerprint density at radius 3 is 2.29 bits per heavy atom. The number of nitrogens with zero attached hydrogens (tertiary/aromatic N) is 1. The number of carbonyl (C=O) groups excluding carboxylic acids is 1. The number of hydrogen-bond donors (Lipinski definition) is 0. The Bertz CT molecular complexity index is 436. The zero-order valence-corrected chi connectivity index (χ0v) is 13.8. The van der Waals surface area contributed by atoms with Crippen molar-refractivity contribution in [1.82, 2.24) is 4.90 Å². The number of allylic oxidation sites excluding steroid dienone is 1. The van der Waals surface area contributed by atoms with Gasteiger partial charge in [0.05, 0.1) is 0 Å². The molecule has 1 aromatic rings. The lowest BCUT2D eigenvalue weighted by molar-refractivity contribution is -0.124. The van der Waals surface area contributed by atoms with E-state index in [1.807, 2.05) is 35.2 Å². The van der Waals surface area contributed by atoms with E-state index in [9.17, 15) is 4.79 Å². The molecule has 0 N–H and O–H groups in total. The number of carbonyl (C=O) groups is 1. The van der Waals surface area contributed by atoms with Gasteiger partial charge >= 0.3 is 0 Å². The summed E-state index contributed by atoms with van der Waals surface area (Å²) < 4.78 is 0. The summed E-state index contributed by atoms with van der Waals surface area (Å²) >= 11 is 0. The highest BCUT2D eigenvalue weighted by molar-refractivity contribution is 6.19. The number of rotatable bonds is 9. The van der Waals surface area contributed by atoms with Crippen molar-refractivity contribution < 1.29 is 4.79 Å². The molecule has 0 saturated heterocycles. The molecular weight excluding hydrogens is 258 g/mol. The van der Waals surface area contributed by atoms with Gasteiger partial charge in [-0.15, -0.1) is 0 Å². The first-order valence-corrected chi connectivity index (χ1v) is 8.29. The van der Waals surface area contributed by atoms with Crippen molar-refractivity contribution in [2.75, 3.05) is 13.1 Å². The van der Waals surface area contributed by atoms with Crippen LogP contribution in [-0.2, 0) is 4.79 Å². The maximum absolute atomic E-state index is 12.8. The molecule has 116 valence electrons. The third kappa shape index (κ3) is 5.74. The highest BCUT2D eigenvalue weighted by Crippen LogP contribution is 2.19. The molecule has 0 fully saturated rings. The Morgan fingerprint density at radius 2 is 1.71 bits per heavy atom. The van der Waals surface area contributed by atoms with Gasteiger partial charge in [-0.3, -0.25) is 4.79 Å². The molecule has 1 rings (SSSR count). The van der Waals surface area contributed by atoms with Gasteiger partial charge in [0.2, 0.25) is 0 Å². The van der Waals surface area contributed by atoms with Gasteiger partial charge < -0.3 is 4.90 Å². The minimum absolute atomic E-state index is 0.174. The molecule has 21 heavy (non-hydrogen) atoms. The maximum atomic E-state index is 12.8. The number of benzene rings is 1. The van der Waals surface area contributed by atoms with Crippen molar-refractivity contribution in [2.24, 2.45) is 0 Å². The SMILES string of the molecule is CCCC/C=C(/C(=O)N(CC)CCCC)c1ccccc1. The Labute approximate surface area is 129 Å². The van der Waals surface area contributed by atoms with Crippen molar-refractivity contribution in [3.8, 4) is 0 Å². The van der Waals surface area contributed by atoms with Crippen LogP contribution in [0.25, 0.3) is 5.57 Å². The molecule has 0 atom stereocenters. The van der Waals surface area contributed by atoms with E-state index >= 15 is 0 Å². The van der Waals surface area contributed by atoms with Crippen LogP contribution in [0.3, 0.4) is 0 Å². The Balaban J connectivity index is 2.94. The van der Waals surface area contributed by atoms with Crippen molar-refractivity contribution in [3.05, 3.63) is 42.0 Å². The highest BCUT2D eigenvalue weighted by Gasteiger charge is 2.17. The Morgan fingerprint density at radius 1 is 1.05 bits per heavy atom. The van der Waals surface area contributed by atoms with Crippen LogP contribution >= 0.6 is 0 Å². The topological polar surface area (TPSA) is 20.3 Å². The van der Waals surface area contributed by atoms with Gasteiger partial charge in [0.1, 0.15) is 0 Å². The Kier molecular flexibility index (Phi) is 8.49. The summed E-state index contributed by atoms with van der Waals surface area (Å²) in [5.74, 6) is 0.174. The summed E-state index contributed by atoms with van der Waals surface area (Å²) in [5, 5.41) is 0. The smallest absolute Gasteiger partial charge is 0.254 e. The predicted molar refractivity (Wildman–Crippen MR) is 91.1 cm³/mol. The molecule has 0 aromatic heterocycles. The fraction of sp³-hybridized carbons (Fsp3) is 0.526. The Hall–Kier alpha value is -1.57. The first-order valence-electron chi connectivity index (χ1n) is 8.29. The molecule has 0 heterocycles. The van der Waals surface area contributed by atoms with Crippen LogP contribution in [0.4, 0.5) is 0 Å². The van der Waals surface area contributed by atoms with Crippen LogP contribution in [-0.4, -0.2) is 23.9 Å². The molecule has 0 bridgehead atoms. The fourth-order valence-electron chi connectivity index (χ4n) is 2.32. The van der Waals surface area contributed by atoms with Crippen LogP contribution in [0.2, 0.25) is 0 Å². The van der Waals surface area contributed by atoms with E-state index < -0.39 is 0 Å². The van der Waals surface area contributed by atoms with Gasteiger partial charge in [-0.25, -0.2) is 0 Å². The average molecular weight is 287 g/mol. The van der Waals surface area contributed by atoms with E-state index in [2.05, 4.69) is 26.8 Å². The van der Waals surface area contributed by atoms with E-state index in [0.717, 1.165) is 56.3 Å². The average Bonchev–Trinajstić information content (AvgIpc) is 2.53. The second-order valence-electron chi connectivity index (χ2n) is 5.36. The first-order chi connectivity index (χ1) is 10.2. The van der Waals surface area contributed by atoms with Gasteiger partial charge in [0.25, 0.3) is 5.91 Å².